The predicted molar refractivity (Wildman–Crippen MR) is 92.2 cm³/mol. The Kier molecular flexibility index (Phi) is 23.2. The average molecular weight is 422 g/mol. The van der Waals surface area contributed by atoms with Crippen LogP contribution in [0.3, 0.4) is 0 Å². The molecule has 4 nitrogen and oxygen atoms in total. The third-order valence-electron chi connectivity index (χ3n) is 3.09. The van der Waals surface area contributed by atoms with Gasteiger partial charge < -0.3 is 9.47 Å². The van der Waals surface area contributed by atoms with Crippen molar-refractivity contribution in [2.24, 2.45) is 0 Å². The van der Waals surface area contributed by atoms with E-state index < -0.39 is 6.16 Å². The first-order chi connectivity index (χ1) is 10.7. The van der Waals surface area contributed by atoms with Gasteiger partial charge in [-0.1, -0.05) is 26.7 Å². The second-order valence-electron chi connectivity index (χ2n) is 5.32. The molecular formula is C17H35O4Sn. The fourth-order valence-electron chi connectivity index (χ4n) is 1.66. The minimum absolute atomic E-state index is 0.474. The molecule has 1 atom stereocenters. The van der Waals surface area contributed by atoms with E-state index in [0.717, 1.165) is 25.7 Å². The molecule has 0 aliphatic carbocycles. The van der Waals surface area contributed by atoms with Crippen molar-refractivity contribution in [3.05, 3.63) is 0 Å². The molecule has 0 aliphatic rings. The zero-order valence-electron chi connectivity index (χ0n) is 15.0. The molecule has 0 fully saturated rings. The maximum atomic E-state index is 10.7. The van der Waals surface area contributed by atoms with Gasteiger partial charge in [-0.25, -0.2) is 4.79 Å². The van der Waals surface area contributed by atoms with E-state index in [1.54, 1.807) is 0 Å². The van der Waals surface area contributed by atoms with Gasteiger partial charge in [0.1, 0.15) is 0 Å². The number of unbranched alkanes of at least 4 members (excludes halogenated alkanes) is 3. The molecule has 3 radical (unpaired) electrons. The Morgan fingerprint density at radius 1 is 0.818 bits per heavy atom. The second-order valence-corrected chi connectivity index (χ2v) is 6.00. The Morgan fingerprint density at radius 3 is 1.68 bits per heavy atom. The molecule has 0 spiro atoms. The van der Waals surface area contributed by atoms with Crippen molar-refractivity contribution < 1.29 is 17.3 Å². The van der Waals surface area contributed by atoms with Crippen molar-refractivity contribution in [1.82, 2.24) is 0 Å². The number of rotatable bonds is 12. The molecule has 0 aliphatic heterocycles. The summed E-state index contributed by atoms with van der Waals surface area (Å²) < 4.78 is 14.9. The maximum absolute atomic E-state index is 10.7. The van der Waals surface area contributed by atoms with E-state index >= 15 is 0 Å². The maximum Gasteiger partial charge on any atom is 0.508 e. The second kappa shape index (κ2) is 21.0. The van der Waals surface area contributed by atoms with Crippen LogP contribution < -0.4 is 0 Å². The largest absolute Gasteiger partial charge is 0.508 e. The van der Waals surface area contributed by atoms with Gasteiger partial charge in [-0.3, -0.25) is 0 Å². The van der Waals surface area contributed by atoms with E-state index in [9.17, 15) is 4.79 Å². The molecule has 0 heterocycles. The summed E-state index contributed by atoms with van der Waals surface area (Å²) in [5, 5.41) is 0. The molecule has 0 aromatic rings. The number of ether oxygens (including phenoxy) is 2. The quantitative estimate of drug-likeness (QED) is 0.247. The van der Waals surface area contributed by atoms with Gasteiger partial charge in [-0.2, -0.15) is 0 Å². The van der Waals surface area contributed by atoms with Gasteiger partial charge in [0.2, 0.25) is 0 Å². The van der Waals surface area contributed by atoms with Gasteiger partial charge in [0.15, 0.2) is 0 Å². The average Bonchev–Trinajstić information content (AvgIpc) is 2.52. The van der Waals surface area contributed by atoms with E-state index in [-0.39, 0.29) is 0 Å². The van der Waals surface area contributed by atoms with Gasteiger partial charge in [0.05, 0.1) is 13.2 Å². The third-order valence-corrected chi connectivity index (χ3v) is 4.04. The summed E-state index contributed by atoms with van der Waals surface area (Å²) in [5.41, 5.74) is 0. The van der Waals surface area contributed by atoms with Crippen LogP contribution in [0.2, 0.25) is 0 Å². The van der Waals surface area contributed by atoms with E-state index in [0.29, 0.717) is 19.3 Å². The Hall–Kier alpha value is 0.0287. The Balaban J connectivity index is 0. The summed E-state index contributed by atoms with van der Waals surface area (Å²) in [6.07, 6.45) is 10.3. The predicted octanol–water partition coefficient (Wildman–Crippen LogP) is 5.19. The SMILES string of the molecule is CCCCC(CCC)[O][Sn].CCCCOC(=O)OCCCC. The zero-order valence-corrected chi connectivity index (χ0v) is 17.8. The molecule has 5 heteroatoms. The molecule has 131 valence electrons. The normalized spacial score (nSPS) is 11.3. The van der Waals surface area contributed by atoms with Gasteiger partial charge >= 0.3 is 84.2 Å². The molecular weight excluding hydrogens is 387 g/mol. The van der Waals surface area contributed by atoms with Crippen LogP contribution in [-0.4, -0.2) is 48.4 Å². The third kappa shape index (κ3) is 20.0. The fourth-order valence-corrected chi connectivity index (χ4v) is 2.33. The molecule has 1 unspecified atom stereocenters. The Labute approximate surface area is 151 Å². The van der Waals surface area contributed by atoms with E-state index in [4.69, 9.17) is 12.5 Å². The molecule has 0 aromatic carbocycles. The van der Waals surface area contributed by atoms with Crippen LogP contribution in [0.4, 0.5) is 4.79 Å². The van der Waals surface area contributed by atoms with Gasteiger partial charge in [-0.15, -0.1) is 0 Å². The summed E-state index contributed by atoms with van der Waals surface area (Å²) in [4.78, 5) is 10.7. The molecule has 0 saturated heterocycles. The van der Waals surface area contributed by atoms with Crippen molar-refractivity contribution in [2.45, 2.75) is 91.6 Å². The van der Waals surface area contributed by atoms with Gasteiger partial charge in [0, 0.05) is 0 Å². The molecule has 0 amide bonds. The Morgan fingerprint density at radius 2 is 1.32 bits per heavy atom. The summed E-state index contributed by atoms with van der Waals surface area (Å²) in [7, 11) is 0. The first kappa shape index (κ1) is 24.3. The van der Waals surface area contributed by atoms with Crippen molar-refractivity contribution in [1.29, 1.82) is 0 Å². The number of hydrogen-bond donors (Lipinski definition) is 0. The smallest absolute Gasteiger partial charge is 0.434 e. The summed E-state index contributed by atoms with van der Waals surface area (Å²) in [5.74, 6) is 0. The van der Waals surface area contributed by atoms with E-state index in [1.165, 1.54) is 55.0 Å². The first-order valence-corrected chi connectivity index (χ1v) is 9.94. The van der Waals surface area contributed by atoms with Gasteiger partial charge in [-0.05, 0) is 12.8 Å². The monoisotopic (exact) mass is 423 g/mol. The summed E-state index contributed by atoms with van der Waals surface area (Å²) in [6, 6.07) is 0. The van der Waals surface area contributed by atoms with Crippen LogP contribution in [0, 0.1) is 0 Å². The Bertz CT molecular complexity index is 213. The van der Waals surface area contributed by atoms with Crippen LogP contribution in [0.5, 0.6) is 0 Å². The van der Waals surface area contributed by atoms with Crippen LogP contribution >= 0.6 is 0 Å². The van der Waals surface area contributed by atoms with Crippen molar-refractivity contribution in [3.63, 3.8) is 0 Å². The standard InChI is InChI=1S/C9H18O3.C8H17O.Sn/c1-3-5-7-11-9(10)12-8-6-4-2;1-3-5-7-8(9)6-4-2;/h3-8H2,1-2H3;8H,3-7H2,1-2H3;/q;-1;+1. The number of carbonyl (C=O) groups is 1. The fraction of sp³-hybridized carbons (Fsp3) is 0.941. The summed E-state index contributed by atoms with van der Waals surface area (Å²) >= 11 is 1.22. The summed E-state index contributed by atoms with van der Waals surface area (Å²) in [6.45, 7) is 9.49. The first-order valence-electron chi connectivity index (χ1n) is 8.77. The van der Waals surface area contributed by atoms with E-state index in [1.807, 2.05) is 13.8 Å². The van der Waals surface area contributed by atoms with Crippen molar-refractivity contribution in [2.75, 3.05) is 13.2 Å². The van der Waals surface area contributed by atoms with Gasteiger partial charge in [0.25, 0.3) is 0 Å². The van der Waals surface area contributed by atoms with Crippen LogP contribution in [0.15, 0.2) is 0 Å². The topological polar surface area (TPSA) is 44.8 Å². The van der Waals surface area contributed by atoms with Crippen LogP contribution in [0.1, 0.15) is 85.5 Å². The molecule has 0 aromatic heterocycles. The minimum atomic E-state index is -0.531. The molecule has 0 bridgehead atoms. The minimum Gasteiger partial charge on any atom is -0.434 e. The molecule has 0 N–H and O–H groups in total. The molecule has 22 heavy (non-hydrogen) atoms. The molecule has 0 saturated carbocycles. The van der Waals surface area contributed by atoms with Crippen molar-refractivity contribution in [3.8, 4) is 0 Å². The zero-order chi connectivity index (χ0) is 17.1. The number of hydrogen-bond acceptors (Lipinski definition) is 4. The van der Waals surface area contributed by atoms with Crippen molar-refractivity contribution >= 4 is 29.1 Å². The molecule has 0 rings (SSSR count). The van der Waals surface area contributed by atoms with Crippen LogP contribution in [-0.2, 0) is 12.5 Å². The number of carbonyl (C=O) groups excluding carboxylic acids is 1. The van der Waals surface area contributed by atoms with E-state index in [2.05, 4.69) is 13.8 Å². The van der Waals surface area contributed by atoms with Crippen LogP contribution in [0.25, 0.3) is 0 Å².